The van der Waals surface area contributed by atoms with Crippen molar-refractivity contribution < 1.29 is 9.31 Å². The summed E-state index contributed by atoms with van der Waals surface area (Å²) in [4.78, 5) is 5.03. The van der Waals surface area contributed by atoms with Gasteiger partial charge >= 0.3 is 7.12 Å². The second kappa shape index (κ2) is 6.04. The highest BCUT2D eigenvalue weighted by Gasteiger charge is 2.52. The largest absolute Gasteiger partial charge is 0.515 e. The predicted molar refractivity (Wildman–Crippen MR) is 128 cm³/mol. The number of hydrogen-bond donors (Lipinski definition) is 0. The molecule has 1 fully saturated rings. The molecule has 148 valence electrons. The van der Waals surface area contributed by atoms with Crippen LogP contribution in [0.4, 0.5) is 0 Å². The monoisotopic (exact) mass is 411 g/mol. The Hall–Kier alpha value is -2.47. The molecule has 30 heavy (non-hydrogen) atoms. The van der Waals surface area contributed by atoms with Gasteiger partial charge in [-0.2, -0.15) is 0 Å². The zero-order chi connectivity index (χ0) is 20.7. The molecule has 0 radical (unpaired) electrons. The van der Waals surface area contributed by atoms with Gasteiger partial charge in [0.05, 0.1) is 22.3 Å². The second-order valence-corrected chi connectivity index (χ2v) is 10.1. The number of aromatic nitrogens is 1. The molecular weight excluding hydrogens is 389 g/mol. The second-order valence-electron chi connectivity index (χ2n) is 9.07. The minimum Gasteiger partial charge on any atom is -0.398 e. The number of para-hydroxylation sites is 1. The van der Waals surface area contributed by atoms with E-state index in [2.05, 4.69) is 82.3 Å². The third-order valence-electron chi connectivity index (χ3n) is 6.71. The highest BCUT2D eigenvalue weighted by Crippen LogP contribution is 2.41. The van der Waals surface area contributed by atoms with Crippen LogP contribution in [0.5, 0.6) is 0 Å². The zero-order valence-corrected chi connectivity index (χ0v) is 18.3. The smallest absolute Gasteiger partial charge is 0.398 e. The van der Waals surface area contributed by atoms with Crippen molar-refractivity contribution in [1.29, 1.82) is 0 Å². The van der Waals surface area contributed by atoms with E-state index in [1.165, 1.54) is 30.9 Å². The van der Waals surface area contributed by atoms with E-state index in [0.717, 1.165) is 16.5 Å². The van der Waals surface area contributed by atoms with Crippen LogP contribution in [-0.2, 0) is 9.31 Å². The summed E-state index contributed by atoms with van der Waals surface area (Å²) >= 11 is 1.85. The fraction of sp³-hybridized carbons (Fsp3) is 0.240. The zero-order valence-electron chi connectivity index (χ0n) is 17.5. The SMILES string of the molecule is CC1(C)OB(c2nc3ccccc3c3c2ccc2c4ccccc4sc23)OC1(C)C. The summed E-state index contributed by atoms with van der Waals surface area (Å²) in [5.41, 5.74) is 1.03. The van der Waals surface area contributed by atoms with E-state index in [4.69, 9.17) is 14.3 Å². The first kappa shape index (κ1) is 18.3. The third-order valence-corrected chi connectivity index (χ3v) is 7.92. The van der Waals surface area contributed by atoms with E-state index in [9.17, 15) is 0 Å². The molecule has 5 aromatic rings. The molecule has 0 unspecified atom stereocenters. The fourth-order valence-electron chi connectivity index (χ4n) is 4.38. The molecule has 3 nitrogen and oxygen atoms in total. The summed E-state index contributed by atoms with van der Waals surface area (Å²) in [5.74, 6) is 0. The average molecular weight is 411 g/mol. The van der Waals surface area contributed by atoms with Crippen molar-refractivity contribution >= 4 is 65.9 Å². The number of pyridine rings is 1. The van der Waals surface area contributed by atoms with Crippen molar-refractivity contribution in [3.63, 3.8) is 0 Å². The first-order valence-corrected chi connectivity index (χ1v) is 11.2. The van der Waals surface area contributed by atoms with Crippen molar-refractivity contribution in [3.05, 3.63) is 60.7 Å². The first-order chi connectivity index (χ1) is 14.4. The van der Waals surface area contributed by atoms with Gasteiger partial charge in [0.2, 0.25) is 0 Å². The Balaban J connectivity index is 1.73. The van der Waals surface area contributed by atoms with Gasteiger partial charge in [-0.3, -0.25) is 4.98 Å². The Morgan fingerprint density at radius 2 is 1.37 bits per heavy atom. The number of rotatable bonds is 1. The lowest BCUT2D eigenvalue weighted by atomic mass is 9.80. The summed E-state index contributed by atoms with van der Waals surface area (Å²) in [7, 11) is -0.492. The lowest BCUT2D eigenvalue weighted by molar-refractivity contribution is 0.00578. The van der Waals surface area contributed by atoms with Gasteiger partial charge in [0, 0.05) is 36.3 Å². The maximum atomic E-state index is 6.40. The van der Waals surface area contributed by atoms with Crippen molar-refractivity contribution in [1.82, 2.24) is 4.98 Å². The van der Waals surface area contributed by atoms with E-state index in [0.29, 0.717) is 0 Å². The molecule has 0 spiro atoms. The molecule has 0 atom stereocenters. The normalized spacial score (nSPS) is 18.2. The highest BCUT2D eigenvalue weighted by atomic mass is 32.1. The molecule has 5 heteroatoms. The van der Waals surface area contributed by atoms with Gasteiger partial charge < -0.3 is 9.31 Å². The molecule has 6 rings (SSSR count). The topological polar surface area (TPSA) is 31.4 Å². The molecular formula is C25H22BNO2S. The van der Waals surface area contributed by atoms with Crippen molar-refractivity contribution in [2.75, 3.05) is 0 Å². The predicted octanol–water partition coefficient (Wildman–Crippen LogP) is 6.06. The van der Waals surface area contributed by atoms with Crippen LogP contribution in [0.1, 0.15) is 27.7 Å². The fourth-order valence-corrected chi connectivity index (χ4v) is 5.64. The lowest BCUT2D eigenvalue weighted by Crippen LogP contribution is -2.41. The van der Waals surface area contributed by atoms with Crippen LogP contribution >= 0.6 is 11.3 Å². The summed E-state index contributed by atoms with van der Waals surface area (Å²) < 4.78 is 15.4. The summed E-state index contributed by atoms with van der Waals surface area (Å²) in [6, 6.07) is 21.4. The van der Waals surface area contributed by atoms with Gasteiger partial charge in [0.1, 0.15) is 0 Å². The number of fused-ring (bicyclic) bond motifs is 7. The molecule has 3 heterocycles. The van der Waals surface area contributed by atoms with Gasteiger partial charge in [-0.15, -0.1) is 11.3 Å². The van der Waals surface area contributed by atoms with Crippen molar-refractivity contribution in [2.24, 2.45) is 0 Å². The van der Waals surface area contributed by atoms with E-state index in [1.54, 1.807) is 0 Å². The maximum absolute atomic E-state index is 6.40. The molecule has 2 aromatic heterocycles. The van der Waals surface area contributed by atoms with Crippen molar-refractivity contribution in [2.45, 2.75) is 38.9 Å². The minimum atomic E-state index is -0.492. The van der Waals surface area contributed by atoms with Gasteiger partial charge in [-0.1, -0.05) is 48.5 Å². The standard InChI is InChI=1S/C25H22BNO2S/c1-24(2)25(3,4)29-26(28-24)23-18-14-13-16-15-9-6-8-12-20(15)30-22(16)21(18)17-10-5-7-11-19(17)27-23/h5-14H,1-4H3. The van der Waals surface area contributed by atoms with E-state index < -0.39 is 18.3 Å². The molecule has 1 aliphatic rings. The molecule has 0 N–H and O–H groups in total. The number of benzene rings is 3. The van der Waals surface area contributed by atoms with Crippen LogP contribution in [0.3, 0.4) is 0 Å². The van der Waals surface area contributed by atoms with Crippen molar-refractivity contribution in [3.8, 4) is 0 Å². The number of nitrogens with zero attached hydrogens (tertiary/aromatic N) is 1. The van der Waals surface area contributed by atoms with E-state index in [1.807, 2.05) is 17.4 Å². The number of thiophene rings is 1. The molecule has 0 bridgehead atoms. The minimum absolute atomic E-state index is 0.404. The maximum Gasteiger partial charge on any atom is 0.515 e. The van der Waals surface area contributed by atoms with Crippen LogP contribution < -0.4 is 5.59 Å². The van der Waals surface area contributed by atoms with E-state index in [-0.39, 0.29) is 0 Å². The van der Waals surface area contributed by atoms with Gasteiger partial charge in [-0.05, 0) is 39.8 Å². The summed E-state index contributed by atoms with van der Waals surface area (Å²) in [6.45, 7) is 8.34. The van der Waals surface area contributed by atoms with Crippen LogP contribution in [0.25, 0.3) is 41.8 Å². The highest BCUT2D eigenvalue weighted by molar-refractivity contribution is 7.26. The Kier molecular flexibility index (Phi) is 3.69. The lowest BCUT2D eigenvalue weighted by Gasteiger charge is -2.32. The Morgan fingerprint density at radius 1 is 0.733 bits per heavy atom. The van der Waals surface area contributed by atoms with E-state index >= 15 is 0 Å². The molecule has 3 aromatic carbocycles. The van der Waals surface area contributed by atoms with Crippen LogP contribution in [0.15, 0.2) is 60.7 Å². The first-order valence-electron chi connectivity index (χ1n) is 10.3. The van der Waals surface area contributed by atoms with Crippen LogP contribution in [-0.4, -0.2) is 23.3 Å². The van der Waals surface area contributed by atoms with Gasteiger partial charge in [0.15, 0.2) is 0 Å². The molecule has 0 aliphatic carbocycles. The summed E-state index contributed by atoms with van der Waals surface area (Å²) in [6.07, 6.45) is 0. The number of hydrogen-bond acceptors (Lipinski definition) is 4. The Morgan fingerprint density at radius 3 is 2.13 bits per heavy atom. The van der Waals surface area contributed by atoms with Gasteiger partial charge in [0.25, 0.3) is 0 Å². The Labute approximate surface area is 179 Å². The molecule has 1 saturated heterocycles. The van der Waals surface area contributed by atoms with Crippen LogP contribution in [0, 0.1) is 0 Å². The molecule has 0 saturated carbocycles. The molecule has 0 amide bonds. The summed E-state index contributed by atoms with van der Waals surface area (Å²) in [5, 5.41) is 6.11. The molecule has 1 aliphatic heterocycles. The quantitative estimate of drug-likeness (QED) is 0.248. The Bertz CT molecular complexity index is 1450. The van der Waals surface area contributed by atoms with Crippen LogP contribution in [0.2, 0.25) is 0 Å². The van der Waals surface area contributed by atoms with Gasteiger partial charge in [-0.25, -0.2) is 0 Å². The third kappa shape index (κ3) is 2.43. The average Bonchev–Trinajstić information content (AvgIpc) is 3.20.